The number of anilines is 1. The molecule has 0 saturated heterocycles. The minimum atomic E-state index is 0.150. The minimum absolute atomic E-state index is 0.150. The summed E-state index contributed by atoms with van der Waals surface area (Å²) in [4.78, 5) is 2.54. The molecule has 0 fully saturated rings. The average Bonchev–Trinajstić information content (AvgIpc) is 3.02. The number of halogens is 2. The van der Waals surface area contributed by atoms with E-state index in [9.17, 15) is 0 Å². The Labute approximate surface area is 134 Å². The van der Waals surface area contributed by atoms with Crippen LogP contribution in [0.15, 0.2) is 18.2 Å². The third-order valence-electron chi connectivity index (χ3n) is 2.99. The number of hydrogen-bond acceptors (Lipinski definition) is 5. The highest BCUT2D eigenvalue weighted by Crippen LogP contribution is 2.37. The van der Waals surface area contributed by atoms with Gasteiger partial charge in [-0.05, 0) is 32.0 Å². The molecule has 0 aliphatic carbocycles. The number of nitrogens with zero attached hydrogens (tertiary/aromatic N) is 2. The molecular formula is C13H11Cl2N3S2. The van der Waals surface area contributed by atoms with Crippen molar-refractivity contribution in [2.45, 2.75) is 19.9 Å². The largest absolute Gasteiger partial charge is 0.375 e. The molecule has 1 N–H and O–H groups in total. The van der Waals surface area contributed by atoms with Gasteiger partial charge in [-0.25, -0.2) is 0 Å². The van der Waals surface area contributed by atoms with Gasteiger partial charge in [0.05, 0.1) is 33.5 Å². The van der Waals surface area contributed by atoms with Gasteiger partial charge in [-0.2, -0.15) is 8.75 Å². The number of nitrogens with one attached hydrogen (secondary N) is 1. The molecule has 0 radical (unpaired) electrons. The smallest absolute Gasteiger partial charge is 0.130 e. The molecule has 3 nitrogen and oxygen atoms in total. The molecule has 0 bridgehead atoms. The molecule has 0 saturated carbocycles. The maximum atomic E-state index is 6.30. The number of fused-ring (bicyclic) bond motifs is 1. The maximum absolute atomic E-state index is 6.30. The van der Waals surface area contributed by atoms with Crippen molar-refractivity contribution in [1.29, 1.82) is 0 Å². The van der Waals surface area contributed by atoms with Gasteiger partial charge in [0, 0.05) is 9.75 Å². The Kier molecular flexibility index (Phi) is 3.86. The van der Waals surface area contributed by atoms with Crippen LogP contribution in [0.3, 0.4) is 0 Å². The Bertz CT molecular complexity index is 766. The van der Waals surface area contributed by atoms with Crippen LogP contribution in [0, 0.1) is 6.92 Å². The van der Waals surface area contributed by atoms with Crippen LogP contribution >= 0.6 is 46.3 Å². The molecule has 0 aliphatic heterocycles. The summed E-state index contributed by atoms with van der Waals surface area (Å²) in [5.41, 5.74) is 2.21. The Morgan fingerprint density at radius 1 is 1.15 bits per heavy atom. The molecule has 0 amide bonds. The normalized spacial score (nSPS) is 12.8. The third-order valence-corrected chi connectivity index (χ3v) is 5.29. The summed E-state index contributed by atoms with van der Waals surface area (Å²) in [6, 6.07) is 6.10. The van der Waals surface area contributed by atoms with Crippen molar-refractivity contribution < 1.29 is 0 Å². The summed E-state index contributed by atoms with van der Waals surface area (Å²) in [6.07, 6.45) is 0. The Hall–Kier alpha value is -0.880. The lowest BCUT2D eigenvalue weighted by atomic mass is 10.2. The summed E-state index contributed by atoms with van der Waals surface area (Å²) in [7, 11) is 0. The molecule has 0 spiro atoms. The molecule has 3 aromatic rings. The van der Waals surface area contributed by atoms with Crippen LogP contribution in [-0.4, -0.2) is 8.75 Å². The second-order valence-corrected chi connectivity index (χ2v) is 7.15. The first kappa shape index (κ1) is 14.1. The van der Waals surface area contributed by atoms with Gasteiger partial charge in [-0.1, -0.05) is 23.2 Å². The second-order valence-electron chi connectivity index (χ2n) is 4.49. The molecule has 1 atom stereocenters. The van der Waals surface area contributed by atoms with Gasteiger partial charge < -0.3 is 5.32 Å². The second kappa shape index (κ2) is 5.48. The van der Waals surface area contributed by atoms with Gasteiger partial charge in [0.25, 0.3) is 0 Å². The van der Waals surface area contributed by atoms with Gasteiger partial charge in [-0.3, -0.25) is 0 Å². The van der Waals surface area contributed by atoms with Crippen LogP contribution in [0.5, 0.6) is 0 Å². The van der Waals surface area contributed by atoms with E-state index in [1.807, 2.05) is 0 Å². The Balaban J connectivity index is 2.00. The van der Waals surface area contributed by atoms with Crippen molar-refractivity contribution in [1.82, 2.24) is 8.75 Å². The van der Waals surface area contributed by atoms with Crippen LogP contribution in [-0.2, 0) is 0 Å². The number of rotatable bonds is 3. The van der Waals surface area contributed by atoms with Crippen LogP contribution in [0.1, 0.15) is 22.7 Å². The Morgan fingerprint density at radius 2 is 1.90 bits per heavy atom. The molecule has 1 unspecified atom stereocenters. The first-order valence-electron chi connectivity index (χ1n) is 5.99. The lowest BCUT2D eigenvalue weighted by molar-refractivity contribution is 0.910. The summed E-state index contributed by atoms with van der Waals surface area (Å²) >= 11 is 15.3. The predicted molar refractivity (Wildman–Crippen MR) is 88.5 cm³/mol. The first-order chi connectivity index (χ1) is 9.56. The van der Waals surface area contributed by atoms with E-state index in [0.717, 1.165) is 22.9 Å². The summed E-state index contributed by atoms with van der Waals surface area (Å²) in [6.45, 7) is 4.19. The van der Waals surface area contributed by atoms with Crippen molar-refractivity contribution in [3.63, 3.8) is 0 Å². The SMILES string of the molecule is Cc1ccc(C(C)Nc2c(Cl)cc(Cl)c3nsnc23)s1. The topological polar surface area (TPSA) is 37.8 Å². The molecule has 2 heterocycles. The quantitative estimate of drug-likeness (QED) is 0.678. The molecular weight excluding hydrogens is 333 g/mol. The number of benzene rings is 1. The van der Waals surface area contributed by atoms with Crippen molar-refractivity contribution in [2.75, 3.05) is 5.32 Å². The molecule has 0 aliphatic rings. The zero-order chi connectivity index (χ0) is 14.3. The zero-order valence-electron chi connectivity index (χ0n) is 10.8. The highest BCUT2D eigenvalue weighted by atomic mass is 35.5. The third kappa shape index (κ3) is 2.51. The number of aromatic nitrogens is 2. The van der Waals surface area contributed by atoms with Gasteiger partial charge in [0.1, 0.15) is 11.0 Å². The standard InChI is InChI=1S/C13H11Cl2N3S2/c1-6-3-4-10(19-6)7(2)16-11-8(14)5-9(15)12-13(11)18-20-17-12/h3-5,7,16H,1-2H3. The number of hydrogen-bond donors (Lipinski definition) is 1. The van der Waals surface area contributed by atoms with Crippen molar-refractivity contribution in [3.8, 4) is 0 Å². The monoisotopic (exact) mass is 343 g/mol. The van der Waals surface area contributed by atoms with E-state index < -0.39 is 0 Å². The lowest BCUT2D eigenvalue weighted by Crippen LogP contribution is -2.06. The maximum Gasteiger partial charge on any atom is 0.130 e. The van der Waals surface area contributed by atoms with Crippen molar-refractivity contribution >= 4 is 63.0 Å². The van der Waals surface area contributed by atoms with Crippen LogP contribution in [0.4, 0.5) is 5.69 Å². The Morgan fingerprint density at radius 3 is 2.60 bits per heavy atom. The van der Waals surface area contributed by atoms with E-state index in [-0.39, 0.29) is 6.04 Å². The summed E-state index contributed by atoms with van der Waals surface area (Å²) in [5, 5.41) is 4.52. The first-order valence-corrected chi connectivity index (χ1v) is 8.29. The van der Waals surface area contributed by atoms with Crippen LogP contribution in [0.2, 0.25) is 10.0 Å². The molecule has 7 heteroatoms. The lowest BCUT2D eigenvalue weighted by Gasteiger charge is -2.15. The fraction of sp³-hybridized carbons (Fsp3) is 0.231. The zero-order valence-corrected chi connectivity index (χ0v) is 13.9. The van der Waals surface area contributed by atoms with E-state index in [4.69, 9.17) is 23.2 Å². The number of thiophene rings is 1. The van der Waals surface area contributed by atoms with E-state index in [2.05, 4.69) is 40.0 Å². The van der Waals surface area contributed by atoms with Gasteiger partial charge in [0.2, 0.25) is 0 Å². The van der Waals surface area contributed by atoms with Crippen LogP contribution < -0.4 is 5.32 Å². The van der Waals surface area contributed by atoms with E-state index in [0.29, 0.717) is 15.6 Å². The van der Waals surface area contributed by atoms with Crippen molar-refractivity contribution in [3.05, 3.63) is 38.0 Å². The van der Waals surface area contributed by atoms with E-state index >= 15 is 0 Å². The molecule has 3 rings (SSSR count). The highest BCUT2D eigenvalue weighted by Gasteiger charge is 2.17. The van der Waals surface area contributed by atoms with Gasteiger partial charge in [-0.15, -0.1) is 11.3 Å². The molecule has 1 aromatic carbocycles. The fourth-order valence-electron chi connectivity index (χ4n) is 1.99. The predicted octanol–water partition coefficient (Wildman–Crippen LogP) is 5.54. The van der Waals surface area contributed by atoms with Crippen LogP contribution in [0.25, 0.3) is 11.0 Å². The van der Waals surface area contributed by atoms with Gasteiger partial charge >= 0.3 is 0 Å². The minimum Gasteiger partial charge on any atom is -0.375 e. The highest BCUT2D eigenvalue weighted by molar-refractivity contribution is 7.12. The summed E-state index contributed by atoms with van der Waals surface area (Å²) in [5.74, 6) is 0. The van der Waals surface area contributed by atoms with Crippen molar-refractivity contribution in [2.24, 2.45) is 0 Å². The average molecular weight is 344 g/mol. The summed E-state index contributed by atoms with van der Waals surface area (Å²) < 4.78 is 8.50. The molecule has 104 valence electrons. The van der Waals surface area contributed by atoms with E-state index in [1.165, 1.54) is 9.75 Å². The fourth-order valence-corrected chi connectivity index (χ4v) is 4.03. The molecule has 20 heavy (non-hydrogen) atoms. The van der Waals surface area contributed by atoms with Gasteiger partial charge in [0.15, 0.2) is 0 Å². The number of aryl methyl sites for hydroxylation is 1. The van der Waals surface area contributed by atoms with E-state index in [1.54, 1.807) is 17.4 Å². The molecule has 2 aromatic heterocycles.